The second-order valence-electron chi connectivity index (χ2n) is 6.70. The number of nitrogens with zero attached hydrogens (tertiary/aromatic N) is 1. The first-order valence-electron chi connectivity index (χ1n) is 8.60. The van der Waals surface area contributed by atoms with Crippen LogP contribution in [0.3, 0.4) is 0 Å². The molecule has 0 aromatic heterocycles. The minimum Gasteiger partial charge on any atom is -0.359 e. The zero-order valence-electron chi connectivity index (χ0n) is 14.8. The van der Waals surface area contributed by atoms with Crippen LogP contribution in [0.25, 0.3) is 0 Å². The summed E-state index contributed by atoms with van der Waals surface area (Å²) in [4.78, 5) is 27.3. The van der Waals surface area contributed by atoms with E-state index in [1.165, 1.54) is 4.90 Å². The lowest BCUT2D eigenvalue weighted by Gasteiger charge is -2.40. The highest BCUT2D eigenvalue weighted by Crippen LogP contribution is 2.29. The van der Waals surface area contributed by atoms with Gasteiger partial charge in [-0.05, 0) is 11.5 Å². The summed E-state index contributed by atoms with van der Waals surface area (Å²) in [6, 6.07) is 17.9. The second-order valence-corrected chi connectivity index (χ2v) is 6.70. The van der Waals surface area contributed by atoms with Crippen molar-refractivity contribution in [1.29, 1.82) is 0 Å². The fraction of sp³-hybridized carbons (Fsp3) is 0.238. The molecule has 0 aliphatic carbocycles. The SMILES string of the molecule is CC(C)/C=C1/C(=O)NC(O)(c2ccccc2)C(=O)N1Cc1ccccc1. The average molecular weight is 350 g/mol. The molecule has 0 radical (unpaired) electrons. The van der Waals surface area contributed by atoms with E-state index in [1.54, 1.807) is 36.4 Å². The lowest BCUT2D eigenvalue weighted by molar-refractivity contribution is -0.165. The van der Waals surface area contributed by atoms with E-state index < -0.39 is 17.5 Å². The van der Waals surface area contributed by atoms with Crippen LogP contribution in [0.15, 0.2) is 72.4 Å². The maximum Gasteiger partial charge on any atom is 0.285 e. The molecule has 1 unspecified atom stereocenters. The van der Waals surface area contributed by atoms with E-state index >= 15 is 0 Å². The number of piperazine rings is 1. The molecule has 2 N–H and O–H groups in total. The van der Waals surface area contributed by atoms with Crippen molar-refractivity contribution in [3.63, 3.8) is 0 Å². The molecule has 3 rings (SSSR count). The van der Waals surface area contributed by atoms with Gasteiger partial charge in [-0.1, -0.05) is 80.6 Å². The van der Waals surface area contributed by atoms with Crippen molar-refractivity contribution in [2.24, 2.45) is 5.92 Å². The Morgan fingerprint density at radius 1 is 1.04 bits per heavy atom. The molecule has 1 fully saturated rings. The first kappa shape index (κ1) is 17.9. The van der Waals surface area contributed by atoms with Crippen molar-refractivity contribution >= 4 is 11.8 Å². The monoisotopic (exact) mass is 350 g/mol. The minimum absolute atomic E-state index is 0.0738. The van der Waals surface area contributed by atoms with Gasteiger partial charge in [0.25, 0.3) is 11.8 Å². The molecule has 1 heterocycles. The third-order valence-electron chi connectivity index (χ3n) is 4.24. The molecule has 5 nitrogen and oxygen atoms in total. The van der Waals surface area contributed by atoms with Crippen molar-refractivity contribution in [3.8, 4) is 0 Å². The molecule has 2 amide bonds. The molecule has 26 heavy (non-hydrogen) atoms. The zero-order chi connectivity index (χ0) is 18.7. The Morgan fingerprint density at radius 2 is 1.62 bits per heavy atom. The first-order valence-corrected chi connectivity index (χ1v) is 8.60. The molecular weight excluding hydrogens is 328 g/mol. The Morgan fingerprint density at radius 3 is 2.19 bits per heavy atom. The maximum absolute atomic E-state index is 13.2. The van der Waals surface area contributed by atoms with E-state index in [-0.39, 0.29) is 18.2 Å². The van der Waals surface area contributed by atoms with Crippen molar-refractivity contribution < 1.29 is 14.7 Å². The normalized spacial score (nSPS) is 22.0. The number of benzene rings is 2. The fourth-order valence-electron chi connectivity index (χ4n) is 2.99. The number of amides is 2. The number of hydrogen-bond acceptors (Lipinski definition) is 3. The van der Waals surface area contributed by atoms with E-state index in [1.807, 2.05) is 44.2 Å². The minimum atomic E-state index is -2.08. The number of nitrogens with one attached hydrogen (secondary N) is 1. The van der Waals surface area contributed by atoms with E-state index in [2.05, 4.69) is 5.32 Å². The van der Waals surface area contributed by atoms with Crippen LogP contribution in [-0.2, 0) is 21.9 Å². The Labute approximate surface area is 153 Å². The van der Waals surface area contributed by atoms with Crippen LogP contribution in [-0.4, -0.2) is 21.8 Å². The molecule has 2 aromatic carbocycles. The third kappa shape index (κ3) is 3.39. The van der Waals surface area contributed by atoms with Gasteiger partial charge in [-0.15, -0.1) is 0 Å². The number of carbonyl (C=O) groups excluding carboxylic acids is 2. The molecule has 0 saturated carbocycles. The summed E-state index contributed by atoms with van der Waals surface area (Å²) in [7, 11) is 0. The summed E-state index contributed by atoms with van der Waals surface area (Å²) in [5.74, 6) is -0.968. The molecule has 1 atom stereocenters. The van der Waals surface area contributed by atoms with Gasteiger partial charge >= 0.3 is 0 Å². The van der Waals surface area contributed by atoms with Crippen molar-refractivity contribution in [1.82, 2.24) is 10.2 Å². The zero-order valence-corrected chi connectivity index (χ0v) is 14.8. The van der Waals surface area contributed by atoms with Crippen molar-refractivity contribution in [3.05, 3.63) is 83.6 Å². The van der Waals surface area contributed by atoms with E-state index in [0.717, 1.165) is 5.56 Å². The molecule has 1 aliphatic rings. The summed E-state index contributed by atoms with van der Waals surface area (Å²) in [5, 5.41) is 13.5. The number of allylic oxidation sites excluding steroid dienone is 1. The molecule has 5 heteroatoms. The van der Waals surface area contributed by atoms with Gasteiger partial charge in [0, 0.05) is 5.56 Å². The lowest BCUT2D eigenvalue weighted by Crippen LogP contribution is -2.63. The van der Waals surface area contributed by atoms with Gasteiger partial charge in [0.15, 0.2) is 0 Å². The fourth-order valence-corrected chi connectivity index (χ4v) is 2.99. The number of hydrogen-bond donors (Lipinski definition) is 2. The smallest absolute Gasteiger partial charge is 0.285 e. The largest absolute Gasteiger partial charge is 0.359 e. The van der Waals surface area contributed by atoms with Crippen LogP contribution in [0.1, 0.15) is 25.0 Å². The lowest BCUT2D eigenvalue weighted by atomic mass is 9.96. The molecule has 0 spiro atoms. The molecular formula is C21H22N2O3. The van der Waals surface area contributed by atoms with Gasteiger partial charge in [-0.25, -0.2) is 0 Å². The summed E-state index contributed by atoms with van der Waals surface area (Å²) < 4.78 is 0. The summed E-state index contributed by atoms with van der Waals surface area (Å²) in [6.45, 7) is 4.08. The van der Waals surface area contributed by atoms with Gasteiger partial charge in [-0.3, -0.25) is 14.5 Å². The van der Waals surface area contributed by atoms with Crippen molar-refractivity contribution in [2.45, 2.75) is 26.1 Å². The Bertz CT molecular complexity index is 831. The topological polar surface area (TPSA) is 69.6 Å². The Hall–Kier alpha value is -2.92. The highest BCUT2D eigenvalue weighted by Gasteiger charge is 2.49. The van der Waals surface area contributed by atoms with Crippen LogP contribution < -0.4 is 5.32 Å². The maximum atomic E-state index is 13.2. The van der Waals surface area contributed by atoms with Gasteiger partial charge < -0.3 is 10.4 Å². The Kier molecular flexibility index (Phi) is 4.91. The third-order valence-corrected chi connectivity index (χ3v) is 4.24. The van der Waals surface area contributed by atoms with Gasteiger partial charge in [0.2, 0.25) is 5.72 Å². The van der Waals surface area contributed by atoms with Crippen molar-refractivity contribution in [2.75, 3.05) is 0 Å². The van der Waals surface area contributed by atoms with Crippen LogP contribution in [0.4, 0.5) is 0 Å². The second kappa shape index (κ2) is 7.14. The van der Waals surface area contributed by atoms with Crippen LogP contribution in [0, 0.1) is 5.92 Å². The quantitative estimate of drug-likeness (QED) is 0.833. The standard InChI is InChI=1S/C21H22N2O3/c1-15(2)13-18-19(24)22-21(26,17-11-7-4-8-12-17)20(25)23(18)14-16-9-5-3-6-10-16/h3-13,15,26H,14H2,1-2H3,(H,22,24)/b18-13-. The number of carbonyl (C=O) groups is 2. The molecule has 1 saturated heterocycles. The number of rotatable bonds is 4. The molecule has 2 aromatic rings. The van der Waals surface area contributed by atoms with Gasteiger partial charge in [0.05, 0.1) is 6.54 Å². The van der Waals surface area contributed by atoms with Crippen LogP contribution >= 0.6 is 0 Å². The molecule has 1 aliphatic heterocycles. The van der Waals surface area contributed by atoms with Crippen LogP contribution in [0.2, 0.25) is 0 Å². The molecule has 134 valence electrons. The number of aliphatic hydroxyl groups is 1. The summed E-state index contributed by atoms with van der Waals surface area (Å²) >= 11 is 0. The van der Waals surface area contributed by atoms with Gasteiger partial charge in [0.1, 0.15) is 5.70 Å². The predicted molar refractivity (Wildman–Crippen MR) is 98.4 cm³/mol. The van der Waals surface area contributed by atoms with E-state index in [4.69, 9.17) is 0 Å². The van der Waals surface area contributed by atoms with E-state index in [0.29, 0.717) is 5.56 Å². The summed E-state index contributed by atoms with van der Waals surface area (Å²) in [5.41, 5.74) is -0.614. The Balaban J connectivity index is 2.05. The van der Waals surface area contributed by atoms with E-state index in [9.17, 15) is 14.7 Å². The molecule has 0 bridgehead atoms. The highest BCUT2D eigenvalue weighted by atomic mass is 16.3. The summed E-state index contributed by atoms with van der Waals surface area (Å²) in [6.07, 6.45) is 1.74. The van der Waals surface area contributed by atoms with Gasteiger partial charge in [-0.2, -0.15) is 0 Å². The first-order chi connectivity index (χ1) is 12.4. The highest BCUT2D eigenvalue weighted by molar-refractivity contribution is 6.06. The average Bonchev–Trinajstić information content (AvgIpc) is 2.64. The van der Waals surface area contributed by atoms with Crippen LogP contribution in [0.5, 0.6) is 0 Å². The predicted octanol–water partition coefficient (Wildman–Crippen LogP) is 2.53.